The van der Waals surface area contributed by atoms with Crippen LogP contribution in [0.25, 0.3) is 0 Å². The van der Waals surface area contributed by atoms with Gasteiger partial charge in [0.25, 0.3) is 0 Å². The maximum absolute atomic E-state index is 12.1. The van der Waals surface area contributed by atoms with Crippen LogP contribution < -0.4 is 5.73 Å². The van der Waals surface area contributed by atoms with Crippen molar-refractivity contribution in [1.82, 2.24) is 4.90 Å². The van der Waals surface area contributed by atoms with Crippen molar-refractivity contribution in [3.05, 3.63) is 0 Å². The third kappa shape index (κ3) is 1.98. The minimum atomic E-state index is -0.425. The average Bonchev–Trinajstić information content (AvgIpc) is 2.48. The van der Waals surface area contributed by atoms with Gasteiger partial charge in [-0.15, -0.1) is 0 Å². The predicted octanol–water partition coefficient (Wildman–Crippen LogP) is 0.899. The fraction of sp³-hybridized carbons (Fsp3) is 0.818. The second-order valence-corrected chi connectivity index (χ2v) is 4.49. The van der Waals surface area contributed by atoms with Crippen LogP contribution in [0.3, 0.4) is 0 Å². The summed E-state index contributed by atoms with van der Waals surface area (Å²) in [4.78, 5) is 24.9. The Balaban J connectivity index is 2.83. The fourth-order valence-electron chi connectivity index (χ4n) is 2.12. The van der Waals surface area contributed by atoms with Gasteiger partial charge < -0.3 is 10.6 Å². The van der Waals surface area contributed by atoms with E-state index in [1.807, 2.05) is 20.8 Å². The van der Waals surface area contributed by atoms with Crippen LogP contribution in [0.5, 0.6) is 0 Å². The summed E-state index contributed by atoms with van der Waals surface area (Å²) >= 11 is 0. The van der Waals surface area contributed by atoms with Crippen molar-refractivity contribution in [2.45, 2.75) is 46.1 Å². The molecular weight excluding hydrogens is 192 g/mol. The summed E-state index contributed by atoms with van der Waals surface area (Å²) in [5.41, 5.74) is 5.00. The molecule has 2 amide bonds. The molecule has 86 valence electrons. The third-order valence-corrected chi connectivity index (χ3v) is 3.55. The first kappa shape index (κ1) is 12.0. The molecule has 0 aromatic carbocycles. The van der Waals surface area contributed by atoms with Crippen LogP contribution in [0.15, 0.2) is 0 Å². The van der Waals surface area contributed by atoms with Gasteiger partial charge in [-0.2, -0.15) is 0 Å². The maximum atomic E-state index is 12.1. The van der Waals surface area contributed by atoms with Crippen LogP contribution in [-0.2, 0) is 9.59 Å². The molecule has 0 aliphatic carbocycles. The van der Waals surface area contributed by atoms with Crippen molar-refractivity contribution in [2.24, 2.45) is 11.1 Å². The van der Waals surface area contributed by atoms with E-state index >= 15 is 0 Å². The smallest absolute Gasteiger partial charge is 0.240 e. The molecule has 1 unspecified atom stereocenters. The first-order valence-corrected chi connectivity index (χ1v) is 5.56. The van der Waals surface area contributed by atoms with Gasteiger partial charge in [-0.05, 0) is 19.3 Å². The summed E-state index contributed by atoms with van der Waals surface area (Å²) in [6.45, 7) is 6.50. The monoisotopic (exact) mass is 212 g/mol. The molecule has 1 rings (SSSR count). The molecule has 0 radical (unpaired) electrons. The summed E-state index contributed by atoms with van der Waals surface area (Å²) in [6.07, 6.45) is 2.24. The molecule has 0 aromatic rings. The van der Waals surface area contributed by atoms with E-state index in [0.29, 0.717) is 13.0 Å². The molecule has 2 N–H and O–H groups in total. The van der Waals surface area contributed by atoms with Crippen molar-refractivity contribution >= 4 is 11.8 Å². The Morgan fingerprint density at radius 1 is 1.60 bits per heavy atom. The lowest BCUT2D eigenvalue weighted by Crippen LogP contribution is -2.46. The number of rotatable bonds is 4. The van der Waals surface area contributed by atoms with Crippen LogP contribution in [0.4, 0.5) is 0 Å². The Labute approximate surface area is 90.8 Å². The van der Waals surface area contributed by atoms with Crippen molar-refractivity contribution in [2.75, 3.05) is 6.54 Å². The molecule has 1 aliphatic heterocycles. The van der Waals surface area contributed by atoms with E-state index in [9.17, 15) is 9.59 Å². The predicted molar refractivity (Wildman–Crippen MR) is 58.0 cm³/mol. The van der Waals surface area contributed by atoms with Gasteiger partial charge in [-0.1, -0.05) is 20.8 Å². The third-order valence-electron chi connectivity index (χ3n) is 3.55. The highest BCUT2D eigenvalue weighted by Crippen LogP contribution is 2.35. The molecule has 0 spiro atoms. The molecule has 0 saturated carbocycles. The number of hydrogen-bond acceptors (Lipinski definition) is 2. The van der Waals surface area contributed by atoms with E-state index < -0.39 is 11.9 Å². The number of amides is 2. The highest BCUT2D eigenvalue weighted by Gasteiger charge is 2.44. The molecule has 2 atom stereocenters. The molecule has 1 saturated heterocycles. The van der Waals surface area contributed by atoms with E-state index in [0.717, 1.165) is 12.8 Å². The van der Waals surface area contributed by atoms with E-state index in [2.05, 4.69) is 0 Å². The summed E-state index contributed by atoms with van der Waals surface area (Å²) in [7, 11) is 0. The van der Waals surface area contributed by atoms with Gasteiger partial charge in [0, 0.05) is 12.0 Å². The van der Waals surface area contributed by atoms with Crippen LogP contribution >= 0.6 is 0 Å². The van der Waals surface area contributed by atoms with Crippen molar-refractivity contribution in [1.29, 1.82) is 0 Å². The maximum Gasteiger partial charge on any atom is 0.240 e. The molecule has 1 aliphatic rings. The highest BCUT2D eigenvalue weighted by atomic mass is 16.2. The van der Waals surface area contributed by atoms with Crippen LogP contribution in [0.1, 0.15) is 40.0 Å². The van der Waals surface area contributed by atoms with Crippen molar-refractivity contribution < 1.29 is 9.59 Å². The molecular formula is C11H20N2O2. The molecule has 1 fully saturated rings. The van der Waals surface area contributed by atoms with Gasteiger partial charge in [0.05, 0.1) is 0 Å². The number of primary amides is 1. The van der Waals surface area contributed by atoms with Crippen LogP contribution in [0, 0.1) is 5.41 Å². The van der Waals surface area contributed by atoms with Gasteiger partial charge in [0.2, 0.25) is 11.8 Å². The van der Waals surface area contributed by atoms with Crippen molar-refractivity contribution in [3.8, 4) is 0 Å². The Morgan fingerprint density at radius 3 is 2.53 bits per heavy atom. The number of likely N-dealkylation sites (tertiary alicyclic amines) is 1. The zero-order chi connectivity index (χ0) is 11.6. The SMILES string of the molecule is CC[C@H](C(N)=O)N1CCC(C)(CC)C1=O. The van der Waals surface area contributed by atoms with E-state index in [1.165, 1.54) is 0 Å². The Kier molecular flexibility index (Phi) is 3.37. The Morgan fingerprint density at radius 2 is 2.20 bits per heavy atom. The number of hydrogen-bond donors (Lipinski definition) is 1. The lowest BCUT2D eigenvalue weighted by Gasteiger charge is -2.26. The molecule has 4 nitrogen and oxygen atoms in total. The molecule has 4 heteroatoms. The zero-order valence-electron chi connectivity index (χ0n) is 9.75. The second-order valence-electron chi connectivity index (χ2n) is 4.49. The number of nitrogens with two attached hydrogens (primary N) is 1. The van der Waals surface area contributed by atoms with E-state index in [-0.39, 0.29) is 11.3 Å². The minimum Gasteiger partial charge on any atom is -0.368 e. The van der Waals surface area contributed by atoms with Gasteiger partial charge in [-0.3, -0.25) is 9.59 Å². The molecule has 15 heavy (non-hydrogen) atoms. The Hall–Kier alpha value is -1.06. The zero-order valence-corrected chi connectivity index (χ0v) is 9.75. The van der Waals surface area contributed by atoms with E-state index in [4.69, 9.17) is 5.73 Å². The summed E-state index contributed by atoms with van der Waals surface area (Å²) < 4.78 is 0. The molecule has 0 bridgehead atoms. The largest absolute Gasteiger partial charge is 0.368 e. The average molecular weight is 212 g/mol. The van der Waals surface area contributed by atoms with Gasteiger partial charge in [0.1, 0.15) is 6.04 Å². The lowest BCUT2D eigenvalue weighted by atomic mass is 9.86. The molecule has 0 aromatic heterocycles. The standard InChI is InChI=1S/C11H20N2O2/c1-4-8(9(12)14)13-7-6-11(3,5-2)10(13)15/h8H,4-7H2,1-3H3,(H2,12,14)/t8-,11?/m1/s1. The Bertz CT molecular complexity index is 278. The van der Waals surface area contributed by atoms with E-state index in [1.54, 1.807) is 4.90 Å². The summed E-state index contributed by atoms with van der Waals surface area (Å²) in [5, 5.41) is 0. The summed E-state index contributed by atoms with van der Waals surface area (Å²) in [5.74, 6) is -0.318. The number of carbonyl (C=O) groups excluding carboxylic acids is 2. The van der Waals surface area contributed by atoms with Gasteiger partial charge in [-0.25, -0.2) is 0 Å². The normalized spacial score (nSPS) is 28.2. The second kappa shape index (κ2) is 4.21. The number of carbonyl (C=O) groups is 2. The topological polar surface area (TPSA) is 63.4 Å². The summed E-state index contributed by atoms with van der Waals surface area (Å²) in [6, 6.07) is -0.425. The lowest BCUT2D eigenvalue weighted by molar-refractivity contribution is -0.141. The number of nitrogens with zero attached hydrogens (tertiary/aromatic N) is 1. The van der Waals surface area contributed by atoms with Gasteiger partial charge in [0.15, 0.2) is 0 Å². The fourth-order valence-corrected chi connectivity index (χ4v) is 2.12. The van der Waals surface area contributed by atoms with Crippen molar-refractivity contribution in [3.63, 3.8) is 0 Å². The highest BCUT2D eigenvalue weighted by molar-refractivity contribution is 5.90. The van der Waals surface area contributed by atoms with Gasteiger partial charge >= 0.3 is 0 Å². The minimum absolute atomic E-state index is 0.0793. The van der Waals surface area contributed by atoms with Crippen LogP contribution in [-0.4, -0.2) is 29.3 Å². The first-order valence-electron chi connectivity index (χ1n) is 5.56. The quantitative estimate of drug-likeness (QED) is 0.752. The first-order chi connectivity index (χ1) is 6.96. The molecule has 1 heterocycles. The van der Waals surface area contributed by atoms with Crippen LogP contribution in [0.2, 0.25) is 0 Å².